The first-order valence-electron chi connectivity index (χ1n) is 16.1. The van der Waals surface area contributed by atoms with Gasteiger partial charge in [-0.1, -0.05) is 90.5 Å². The van der Waals surface area contributed by atoms with E-state index in [0.29, 0.717) is 23.0 Å². The van der Waals surface area contributed by atoms with Crippen LogP contribution in [-0.2, 0) is 26.0 Å². The minimum Gasteiger partial charge on any atom is -0.467 e. The van der Waals surface area contributed by atoms with Gasteiger partial charge in [0.05, 0.1) is 23.3 Å². The molecule has 0 heterocycles. The van der Waals surface area contributed by atoms with Gasteiger partial charge in [-0.25, -0.2) is 13.2 Å². The quantitative estimate of drug-likeness (QED) is 0.114. The number of amides is 1. The molecular weight excluding hydrogens is 700 g/mol. The van der Waals surface area contributed by atoms with Crippen molar-refractivity contribution in [1.29, 1.82) is 0 Å². The fourth-order valence-electron chi connectivity index (χ4n) is 5.35. The maximum atomic E-state index is 13.7. The monoisotopic (exact) mass is 732 g/mol. The van der Waals surface area contributed by atoms with Crippen molar-refractivity contribution in [3.63, 3.8) is 0 Å². The molecule has 0 saturated heterocycles. The topological polar surface area (TPSA) is 120 Å². The minimum absolute atomic E-state index is 0.0316. The van der Waals surface area contributed by atoms with Crippen LogP contribution in [0.4, 0.5) is 5.69 Å². The number of benzene rings is 6. The van der Waals surface area contributed by atoms with Crippen LogP contribution in [0.3, 0.4) is 0 Å². The van der Waals surface area contributed by atoms with Gasteiger partial charge in [0.1, 0.15) is 29.0 Å². The van der Waals surface area contributed by atoms with Crippen LogP contribution in [0.1, 0.15) is 15.9 Å². The molecule has 1 atom stereocenters. The Kier molecular flexibility index (Phi) is 11.2. The van der Waals surface area contributed by atoms with E-state index in [1.165, 1.54) is 49.6 Å². The predicted octanol–water partition coefficient (Wildman–Crippen LogP) is 8.91. The Hall–Kier alpha value is -6.10. The molecule has 2 N–H and O–H groups in total. The third kappa shape index (κ3) is 8.97. The number of ether oxygens (including phenoxy) is 3. The van der Waals surface area contributed by atoms with Gasteiger partial charge in [-0.15, -0.1) is 0 Å². The summed E-state index contributed by atoms with van der Waals surface area (Å²) in [5.74, 6) is 1.03. The van der Waals surface area contributed by atoms with Crippen molar-refractivity contribution in [1.82, 2.24) is 5.32 Å². The first-order valence-corrected chi connectivity index (χ1v) is 18.0. The Morgan fingerprint density at radius 1 is 0.692 bits per heavy atom. The second-order valence-electron chi connectivity index (χ2n) is 11.5. The van der Waals surface area contributed by atoms with E-state index in [-0.39, 0.29) is 27.6 Å². The number of hydrogen-bond donors (Lipinski definition) is 2. The molecule has 6 aromatic rings. The first-order chi connectivity index (χ1) is 25.2. The van der Waals surface area contributed by atoms with Gasteiger partial charge in [0.15, 0.2) is 0 Å². The summed E-state index contributed by atoms with van der Waals surface area (Å²) < 4.78 is 46.2. The summed E-state index contributed by atoms with van der Waals surface area (Å²) in [7, 11) is -2.92. The van der Waals surface area contributed by atoms with E-state index in [2.05, 4.69) is 10.0 Å². The van der Waals surface area contributed by atoms with Gasteiger partial charge in [-0.3, -0.25) is 9.52 Å². The average Bonchev–Trinajstić information content (AvgIpc) is 3.16. The molecule has 0 spiro atoms. The zero-order valence-corrected chi connectivity index (χ0v) is 29.4. The molecule has 0 bridgehead atoms. The van der Waals surface area contributed by atoms with E-state index >= 15 is 0 Å². The third-order valence-corrected chi connectivity index (χ3v) is 9.55. The van der Waals surface area contributed by atoms with Crippen LogP contribution >= 0.6 is 11.6 Å². The van der Waals surface area contributed by atoms with Gasteiger partial charge >= 0.3 is 5.97 Å². The number of methoxy groups -OCH3 is 1. The summed E-state index contributed by atoms with van der Waals surface area (Å²) in [6, 6.07) is 42.6. The molecule has 0 fully saturated rings. The third-order valence-electron chi connectivity index (χ3n) is 7.94. The largest absolute Gasteiger partial charge is 0.467 e. The highest BCUT2D eigenvalue weighted by atomic mass is 35.5. The summed E-state index contributed by atoms with van der Waals surface area (Å²) in [4.78, 5) is 26.5. The molecule has 0 unspecified atom stereocenters. The van der Waals surface area contributed by atoms with E-state index in [4.69, 9.17) is 25.8 Å². The Bertz CT molecular complexity index is 2270. The van der Waals surface area contributed by atoms with Crippen molar-refractivity contribution < 1.29 is 32.2 Å². The SMILES string of the molecule is COC(=O)[C@H](Cc1ccc(-c2ccccc2Oc2ccccc2)cc1)NC(=O)c1cc(Cl)ccc1NS(=O)(=O)c1ccc(Oc2ccccc2)cc1. The summed E-state index contributed by atoms with van der Waals surface area (Å²) >= 11 is 6.24. The van der Waals surface area contributed by atoms with Crippen LogP contribution in [0, 0.1) is 0 Å². The van der Waals surface area contributed by atoms with E-state index < -0.39 is 27.9 Å². The van der Waals surface area contributed by atoms with Crippen molar-refractivity contribution in [2.75, 3.05) is 11.8 Å². The molecule has 0 aliphatic carbocycles. The highest BCUT2D eigenvalue weighted by Crippen LogP contribution is 2.33. The molecule has 262 valence electrons. The lowest BCUT2D eigenvalue weighted by Crippen LogP contribution is -2.43. The molecular formula is C41H33ClN2O7S. The number of carbonyl (C=O) groups is 2. The maximum absolute atomic E-state index is 13.7. The van der Waals surface area contributed by atoms with E-state index in [1.807, 2.05) is 97.1 Å². The number of para-hydroxylation sites is 3. The number of anilines is 1. The standard InChI is InChI=1S/C41H33ClN2O7S/c1-49-41(46)38(26-28-16-18-29(19-17-28)35-14-8-9-15-39(35)51-32-12-6-3-7-13-32)43-40(45)36-27-30(42)20-25-37(36)44-52(47,48)34-23-21-33(22-24-34)50-31-10-4-2-5-11-31/h2-25,27,38,44H,26H2,1H3,(H,43,45)/t38-/m0/s1. The molecule has 0 aliphatic heterocycles. The number of carbonyl (C=O) groups excluding carboxylic acids is 2. The molecule has 6 aromatic carbocycles. The lowest BCUT2D eigenvalue weighted by Gasteiger charge is -2.19. The summed E-state index contributed by atoms with van der Waals surface area (Å²) in [5.41, 5.74) is 2.40. The van der Waals surface area contributed by atoms with E-state index in [1.54, 1.807) is 12.1 Å². The lowest BCUT2D eigenvalue weighted by molar-refractivity contribution is -0.142. The highest BCUT2D eigenvalue weighted by Gasteiger charge is 2.26. The molecule has 9 nitrogen and oxygen atoms in total. The summed E-state index contributed by atoms with van der Waals surface area (Å²) in [6.45, 7) is 0. The molecule has 0 aromatic heterocycles. The highest BCUT2D eigenvalue weighted by molar-refractivity contribution is 7.92. The van der Waals surface area contributed by atoms with Crippen LogP contribution in [0.2, 0.25) is 5.02 Å². The zero-order valence-electron chi connectivity index (χ0n) is 27.9. The lowest BCUT2D eigenvalue weighted by atomic mass is 9.99. The van der Waals surface area contributed by atoms with Gasteiger partial charge in [0.25, 0.3) is 15.9 Å². The van der Waals surface area contributed by atoms with Crippen molar-refractivity contribution in [2.45, 2.75) is 17.4 Å². The normalized spacial score (nSPS) is 11.6. The predicted molar refractivity (Wildman–Crippen MR) is 201 cm³/mol. The van der Waals surface area contributed by atoms with Gasteiger partial charge < -0.3 is 19.5 Å². The van der Waals surface area contributed by atoms with E-state index in [0.717, 1.165) is 16.7 Å². The van der Waals surface area contributed by atoms with Crippen LogP contribution < -0.4 is 19.5 Å². The van der Waals surface area contributed by atoms with Gasteiger partial charge in [0, 0.05) is 17.0 Å². The van der Waals surface area contributed by atoms with Crippen LogP contribution in [0.5, 0.6) is 23.0 Å². The fourth-order valence-corrected chi connectivity index (χ4v) is 6.60. The van der Waals surface area contributed by atoms with Crippen LogP contribution in [-0.4, -0.2) is 33.4 Å². The van der Waals surface area contributed by atoms with Gasteiger partial charge in [-0.05, 0) is 83.9 Å². The van der Waals surface area contributed by atoms with E-state index in [9.17, 15) is 18.0 Å². The smallest absolute Gasteiger partial charge is 0.328 e. The number of esters is 1. The molecule has 0 aliphatic rings. The second kappa shape index (κ2) is 16.3. The Morgan fingerprint density at radius 3 is 1.94 bits per heavy atom. The minimum atomic E-state index is -4.15. The van der Waals surface area contributed by atoms with Crippen molar-refractivity contribution >= 4 is 39.2 Å². The average molecular weight is 733 g/mol. The molecule has 11 heteroatoms. The zero-order chi connectivity index (χ0) is 36.5. The Balaban J connectivity index is 1.17. The first kappa shape index (κ1) is 35.7. The number of rotatable bonds is 13. The molecule has 6 rings (SSSR count). The Morgan fingerprint density at radius 2 is 1.29 bits per heavy atom. The number of sulfonamides is 1. The van der Waals surface area contributed by atoms with Crippen LogP contribution in [0.25, 0.3) is 11.1 Å². The number of hydrogen-bond acceptors (Lipinski definition) is 7. The number of nitrogens with one attached hydrogen (secondary N) is 2. The van der Waals surface area contributed by atoms with Crippen LogP contribution in [0.15, 0.2) is 157 Å². The van der Waals surface area contributed by atoms with Gasteiger partial charge in [0.2, 0.25) is 0 Å². The fraction of sp³-hybridized carbons (Fsp3) is 0.0732. The van der Waals surface area contributed by atoms with Gasteiger partial charge in [-0.2, -0.15) is 0 Å². The molecule has 52 heavy (non-hydrogen) atoms. The van der Waals surface area contributed by atoms with Crippen molar-refractivity contribution in [2.24, 2.45) is 0 Å². The maximum Gasteiger partial charge on any atom is 0.328 e. The van der Waals surface area contributed by atoms with Crippen molar-refractivity contribution in [3.8, 4) is 34.1 Å². The number of halogens is 1. The summed E-state index contributed by atoms with van der Waals surface area (Å²) in [5, 5.41) is 2.89. The van der Waals surface area contributed by atoms with Crippen molar-refractivity contribution in [3.05, 3.63) is 168 Å². The second-order valence-corrected chi connectivity index (χ2v) is 13.7. The summed E-state index contributed by atoms with van der Waals surface area (Å²) in [6.07, 6.45) is 0.0971. The molecule has 1 amide bonds. The molecule has 0 radical (unpaired) electrons. The Labute approximate surface area is 306 Å². The molecule has 0 saturated carbocycles.